The van der Waals surface area contributed by atoms with Gasteiger partial charge in [-0.2, -0.15) is 0 Å². The predicted molar refractivity (Wildman–Crippen MR) is 178 cm³/mol. The third kappa shape index (κ3) is 10.3. The zero-order valence-electron chi connectivity index (χ0n) is 29.9. The van der Waals surface area contributed by atoms with Crippen LogP contribution >= 0.6 is 0 Å². The van der Waals surface area contributed by atoms with Gasteiger partial charge in [-0.3, -0.25) is 4.79 Å². The average Bonchev–Trinajstić information content (AvgIpc) is 3.32. The number of aliphatic hydroxyl groups excluding tert-OH is 11. The van der Waals surface area contributed by atoms with Gasteiger partial charge in [0.15, 0.2) is 25.2 Å². The molecule has 19 unspecified atom stereocenters. The molecule has 1 amide bonds. The number of hydrogen-bond acceptors (Lipinski definition) is 20. The van der Waals surface area contributed by atoms with Crippen molar-refractivity contribution in [1.29, 1.82) is 0 Å². The normalized spacial score (nSPS) is 44.1. The fourth-order valence-corrected chi connectivity index (χ4v) is 6.95. The van der Waals surface area contributed by atoms with Crippen molar-refractivity contribution in [1.82, 2.24) is 5.32 Å². The van der Waals surface area contributed by atoms with Crippen LogP contribution < -0.4 is 5.32 Å². The van der Waals surface area contributed by atoms with Gasteiger partial charge in [0.25, 0.3) is 0 Å². The molecule has 4 saturated heterocycles. The Morgan fingerprint density at radius 2 is 1.24 bits per heavy atom. The fraction of sp³-hybridized carbons (Fsp3) is 0.794. The molecule has 1 aromatic carbocycles. The van der Waals surface area contributed by atoms with E-state index in [1.807, 2.05) is 30.3 Å². The molecular formula is C34H53NO20. The van der Waals surface area contributed by atoms with Crippen molar-refractivity contribution < 1.29 is 98.9 Å². The number of aliphatic hydroxyl groups is 11. The molecule has 55 heavy (non-hydrogen) atoms. The van der Waals surface area contributed by atoms with Crippen LogP contribution in [0.4, 0.5) is 0 Å². The van der Waals surface area contributed by atoms with Gasteiger partial charge >= 0.3 is 0 Å². The highest BCUT2D eigenvalue weighted by molar-refractivity contribution is 5.73. The minimum atomic E-state index is -1.93. The van der Waals surface area contributed by atoms with Gasteiger partial charge in [0.1, 0.15) is 79.3 Å². The Labute approximate surface area is 315 Å². The lowest BCUT2D eigenvalue weighted by Crippen LogP contribution is -2.70. The summed E-state index contributed by atoms with van der Waals surface area (Å²) < 4.78 is 46.3. The summed E-state index contributed by atoms with van der Waals surface area (Å²) in [5, 5.41) is 119. The molecule has 5 rings (SSSR count). The molecule has 12 N–H and O–H groups in total. The monoisotopic (exact) mass is 795 g/mol. The molecule has 1 aromatic rings. The number of rotatable bonds is 14. The highest BCUT2D eigenvalue weighted by Crippen LogP contribution is 2.34. The van der Waals surface area contributed by atoms with Crippen LogP contribution in [0.25, 0.3) is 0 Å². The molecular weight excluding hydrogens is 742 g/mol. The van der Waals surface area contributed by atoms with E-state index >= 15 is 0 Å². The Bertz CT molecular complexity index is 1320. The van der Waals surface area contributed by atoms with Crippen LogP contribution in [-0.2, 0) is 49.3 Å². The average molecular weight is 796 g/mol. The molecule has 0 aromatic heterocycles. The minimum absolute atomic E-state index is 0.114. The SMILES string of the molecule is CC(=O)NC1C(OC2C(O)C(CO)OC(OC3CC(O)C(OCc4ccccc4)OCC3CO)C2O)OC(CO)C(O)C1OC1OC(CO)C(O)C(O)C1O. The van der Waals surface area contributed by atoms with E-state index in [2.05, 4.69) is 5.32 Å². The zero-order valence-corrected chi connectivity index (χ0v) is 29.9. The summed E-state index contributed by atoms with van der Waals surface area (Å²) in [4.78, 5) is 12.4. The summed E-state index contributed by atoms with van der Waals surface area (Å²) in [5.41, 5.74) is 0.821. The first-order chi connectivity index (χ1) is 26.3. The Morgan fingerprint density at radius 3 is 1.84 bits per heavy atom. The summed E-state index contributed by atoms with van der Waals surface area (Å²) in [7, 11) is 0. The van der Waals surface area contributed by atoms with Crippen LogP contribution in [0.2, 0.25) is 0 Å². The van der Waals surface area contributed by atoms with Crippen molar-refractivity contribution in [3.8, 4) is 0 Å². The van der Waals surface area contributed by atoms with E-state index in [0.717, 1.165) is 12.5 Å². The molecule has 21 heteroatoms. The molecule has 21 nitrogen and oxygen atoms in total. The first-order valence-corrected chi connectivity index (χ1v) is 18.0. The lowest BCUT2D eigenvalue weighted by atomic mass is 9.94. The second-order valence-electron chi connectivity index (χ2n) is 14.0. The summed E-state index contributed by atoms with van der Waals surface area (Å²) in [6.45, 7) is -1.89. The second kappa shape index (κ2) is 20.1. The molecule has 314 valence electrons. The van der Waals surface area contributed by atoms with Crippen molar-refractivity contribution in [2.75, 3.05) is 33.0 Å². The molecule has 0 radical (unpaired) electrons. The predicted octanol–water partition coefficient (Wildman–Crippen LogP) is -6.10. The first-order valence-electron chi connectivity index (χ1n) is 18.0. The van der Waals surface area contributed by atoms with Crippen LogP contribution in [0.15, 0.2) is 30.3 Å². The van der Waals surface area contributed by atoms with Crippen molar-refractivity contribution in [3.63, 3.8) is 0 Å². The fourth-order valence-electron chi connectivity index (χ4n) is 6.95. The van der Waals surface area contributed by atoms with Gasteiger partial charge in [-0.05, 0) is 5.56 Å². The Kier molecular flexibility index (Phi) is 16.1. The number of nitrogens with one attached hydrogen (secondary N) is 1. The largest absolute Gasteiger partial charge is 0.396 e. The topological polar surface area (TPSA) is 325 Å². The molecule has 19 atom stereocenters. The first kappa shape index (κ1) is 44.0. The van der Waals surface area contributed by atoms with Crippen LogP contribution in [0.1, 0.15) is 18.9 Å². The summed E-state index contributed by atoms with van der Waals surface area (Å²) in [5.74, 6) is -1.50. The van der Waals surface area contributed by atoms with Crippen molar-refractivity contribution in [3.05, 3.63) is 35.9 Å². The van der Waals surface area contributed by atoms with Crippen molar-refractivity contribution in [2.24, 2.45) is 5.92 Å². The van der Waals surface area contributed by atoms with E-state index in [9.17, 15) is 61.0 Å². The number of carbonyl (C=O) groups excluding carboxylic acids is 1. The van der Waals surface area contributed by atoms with Crippen molar-refractivity contribution in [2.45, 2.75) is 131 Å². The van der Waals surface area contributed by atoms with E-state index in [1.165, 1.54) is 0 Å². The van der Waals surface area contributed by atoms with Crippen LogP contribution in [0.3, 0.4) is 0 Å². The molecule has 0 aliphatic carbocycles. The van der Waals surface area contributed by atoms with E-state index < -0.39 is 149 Å². The molecule has 0 saturated carbocycles. The summed E-state index contributed by atoms with van der Waals surface area (Å²) in [6, 6.07) is 7.58. The van der Waals surface area contributed by atoms with E-state index in [0.29, 0.717) is 0 Å². The van der Waals surface area contributed by atoms with Gasteiger partial charge in [-0.1, -0.05) is 30.3 Å². The minimum Gasteiger partial charge on any atom is -0.396 e. The Morgan fingerprint density at radius 1 is 0.673 bits per heavy atom. The summed E-state index contributed by atoms with van der Waals surface area (Å²) >= 11 is 0. The van der Waals surface area contributed by atoms with Crippen molar-refractivity contribution >= 4 is 5.91 Å². The van der Waals surface area contributed by atoms with Gasteiger partial charge in [0.2, 0.25) is 5.91 Å². The lowest BCUT2D eigenvalue weighted by Gasteiger charge is -2.49. The Hall–Kier alpha value is -2.07. The van der Waals surface area contributed by atoms with Crippen LogP contribution in [0, 0.1) is 5.92 Å². The maximum atomic E-state index is 12.4. The lowest BCUT2D eigenvalue weighted by molar-refractivity contribution is -0.369. The molecule has 4 aliphatic heterocycles. The zero-order chi connectivity index (χ0) is 40.0. The third-order valence-electron chi connectivity index (χ3n) is 10.1. The molecule has 4 aliphatic rings. The Balaban J connectivity index is 1.34. The smallest absolute Gasteiger partial charge is 0.217 e. The molecule has 4 fully saturated rings. The van der Waals surface area contributed by atoms with E-state index in [-0.39, 0.29) is 19.6 Å². The highest BCUT2D eigenvalue weighted by Gasteiger charge is 2.55. The van der Waals surface area contributed by atoms with Gasteiger partial charge in [-0.25, -0.2) is 0 Å². The number of carbonyl (C=O) groups is 1. The van der Waals surface area contributed by atoms with E-state index in [1.54, 1.807) is 0 Å². The molecule has 0 spiro atoms. The molecule has 4 heterocycles. The highest BCUT2D eigenvalue weighted by atomic mass is 16.7. The number of amides is 1. The maximum Gasteiger partial charge on any atom is 0.217 e. The quantitative estimate of drug-likeness (QED) is 0.0834. The van der Waals surface area contributed by atoms with Crippen LogP contribution in [-0.4, -0.2) is 206 Å². The number of ether oxygens (including phenoxy) is 8. The number of hydrogen-bond donors (Lipinski definition) is 12. The number of benzene rings is 1. The molecule has 0 bridgehead atoms. The van der Waals surface area contributed by atoms with Gasteiger partial charge < -0.3 is 99.4 Å². The van der Waals surface area contributed by atoms with Crippen LogP contribution in [0.5, 0.6) is 0 Å². The summed E-state index contributed by atoms with van der Waals surface area (Å²) in [6.07, 6.45) is -27.7. The second-order valence-corrected chi connectivity index (χ2v) is 14.0. The maximum absolute atomic E-state index is 12.4. The van der Waals surface area contributed by atoms with Gasteiger partial charge in [0.05, 0.1) is 45.7 Å². The third-order valence-corrected chi connectivity index (χ3v) is 10.1. The van der Waals surface area contributed by atoms with Gasteiger partial charge in [0, 0.05) is 19.3 Å². The standard InChI is InChI=1S/C34H53NO20/c1-14(40)35-22-29(54-33-27(46)26(45)23(42)19(9-37)52-33)24(43)20(10-38)51-32(22)55-30-25(44)21(11-39)53-34(28(30)47)50-18-7-17(41)31(49-13-16(18)8-36)48-12-15-5-3-2-4-6-15/h2-6,16-34,36-39,41-47H,7-13H2,1H3,(H,35,40). The van der Waals surface area contributed by atoms with E-state index in [4.69, 9.17) is 37.9 Å². The van der Waals surface area contributed by atoms with Gasteiger partial charge in [-0.15, -0.1) is 0 Å².